The summed E-state index contributed by atoms with van der Waals surface area (Å²) in [5.74, 6) is 0.123. The summed E-state index contributed by atoms with van der Waals surface area (Å²) in [5.41, 5.74) is 1.03. The molecule has 6 heteroatoms. The first kappa shape index (κ1) is 14.7. The molecule has 0 fully saturated rings. The molecule has 0 aliphatic carbocycles. The van der Waals surface area contributed by atoms with E-state index in [2.05, 4.69) is 27.2 Å². The Hall–Kier alpha value is -1.66. The number of carbonyl (C=O) groups excluding carboxylic acids is 1. The Kier molecular flexibility index (Phi) is 4.57. The largest absolute Gasteiger partial charge is 0.347 e. The molecule has 2 aromatic rings. The predicted octanol–water partition coefficient (Wildman–Crippen LogP) is 2.05. The van der Waals surface area contributed by atoms with Crippen molar-refractivity contribution in [2.75, 3.05) is 21.1 Å². The van der Waals surface area contributed by atoms with Gasteiger partial charge in [0.05, 0.1) is 16.6 Å². The summed E-state index contributed by atoms with van der Waals surface area (Å²) in [7, 11) is 5.55. The van der Waals surface area contributed by atoms with E-state index in [1.54, 1.807) is 36.5 Å². The highest BCUT2D eigenvalue weighted by Crippen LogP contribution is 2.27. The molecule has 0 bridgehead atoms. The Morgan fingerprint density at radius 3 is 2.70 bits per heavy atom. The van der Waals surface area contributed by atoms with Crippen molar-refractivity contribution in [2.45, 2.75) is 19.5 Å². The van der Waals surface area contributed by atoms with Gasteiger partial charge >= 0.3 is 0 Å². The molecule has 108 valence electrons. The minimum absolute atomic E-state index is 0.122. The summed E-state index contributed by atoms with van der Waals surface area (Å²) < 4.78 is 0. The summed E-state index contributed by atoms with van der Waals surface area (Å²) in [4.78, 5) is 18.0. The third-order valence-corrected chi connectivity index (χ3v) is 4.40. The summed E-state index contributed by atoms with van der Waals surface area (Å²) >= 11 is 1.72. The molecule has 1 amide bonds. The van der Waals surface area contributed by atoms with Gasteiger partial charge < -0.3 is 4.90 Å². The van der Waals surface area contributed by atoms with Gasteiger partial charge in [0, 0.05) is 31.7 Å². The van der Waals surface area contributed by atoms with Gasteiger partial charge in [0.25, 0.3) is 0 Å². The molecule has 0 aliphatic heterocycles. The number of carbonyl (C=O) groups is 1. The average molecular weight is 292 g/mol. The maximum atomic E-state index is 11.9. The number of aromatic amines is 1. The zero-order chi connectivity index (χ0) is 14.7. The van der Waals surface area contributed by atoms with E-state index in [0.29, 0.717) is 0 Å². The van der Waals surface area contributed by atoms with Crippen LogP contribution in [0.3, 0.4) is 0 Å². The van der Waals surface area contributed by atoms with Crippen molar-refractivity contribution in [3.8, 4) is 10.6 Å². The molecule has 2 rings (SSSR count). The van der Waals surface area contributed by atoms with Crippen molar-refractivity contribution >= 4 is 17.2 Å². The lowest BCUT2D eigenvalue weighted by atomic mass is 10.2. The van der Waals surface area contributed by atoms with Crippen LogP contribution in [0.2, 0.25) is 0 Å². The minimum Gasteiger partial charge on any atom is -0.347 e. The van der Waals surface area contributed by atoms with E-state index in [9.17, 15) is 4.79 Å². The molecule has 1 unspecified atom stereocenters. The molecule has 0 aromatic carbocycles. The fraction of sp³-hybridized carbons (Fsp3) is 0.429. The predicted molar refractivity (Wildman–Crippen MR) is 81.5 cm³/mol. The molecule has 1 N–H and O–H groups in total. The van der Waals surface area contributed by atoms with E-state index < -0.39 is 0 Å². The number of nitrogens with one attached hydrogen (secondary N) is 1. The second kappa shape index (κ2) is 6.19. The van der Waals surface area contributed by atoms with E-state index in [0.717, 1.165) is 17.1 Å². The van der Waals surface area contributed by atoms with Crippen molar-refractivity contribution in [1.82, 2.24) is 20.0 Å². The molecule has 0 saturated heterocycles. The third-order valence-electron chi connectivity index (χ3n) is 3.29. The first-order chi connectivity index (χ1) is 9.49. The number of hydrogen-bond donors (Lipinski definition) is 1. The van der Waals surface area contributed by atoms with Gasteiger partial charge in [-0.3, -0.25) is 14.8 Å². The summed E-state index contributed by atoms with van der Waals surface area (Å²) in [5, 5.41) is 6.92. The zero-order valence-electron chi connectivity index (χ0n) is 12.3. The Bertz CT molecular complexity index is 562. The SMILES string of the molecule is CC(C(=O)N(C)C)N(C)Cc1ccc(-c2ccn[nH]2)s1. The normalized spacial score (nSPS) is 12.7. The highest BCUT2D eigenvalue weighted by Gasteiger charge is 2.20. The highest BCUT2D eigenvalue weighted by molar-refractivity contribution is 7.15. The Morgan fingerprint density at radius 1 is 1.35 bits per heavy atom. The number of hydrogen-bond acceptors (Lipinski definition) is 4. The second-order valence-corrected chi connectivity index (χ2v) is 6.23. The number of rotatable bonds is 5. The number of H-pyrrole nitrogens is 1. The van der Waals surface area contributed by atoms with Gasteiger partial charge in [-0.2, -0.15) is 5.10 Å². The van der Waals surface area contributed by atoms with Crippen molar-refractivity contribution in [3.63, 3.8) is 0 Å². The lowest BCUT2D eigenvalue weighted by molar-refractivity contribution is -0.133. The van der Waals surface area contributed by atoms with Crippen LogP contribution in [0.15, 0.2) is 24.4 Å². The van der Waals surface area contributed by atoms with E-state index in [1.807, 2.05) is 20.0 Å². The van der Waals surface area contributed by atoms with Gasteiger partial charge in [-0.1, -0.05) is 0 Å². The fourth-order valence-corrected chi connectivity index (χ4v) is 2.99. The molecule has 1 atom stereocenters. The van der Waals surface area contributed by atoms with Crippen LogP contribution in [0.5, 0.6) is 0 Å². The molecule has 0 aliphatic rings. The second-order valence-electron chi connectivity index (χ2n) is 5.06. The van der Waals surface area contributed by atoms with Crippen molar-refractivity contribution in [1.29, 1.82) is 0 Å². The molecule has 20 heavy (non-hydrogen) atoms. The summed E-state index contributed by atoms with van der Waals surface area (Å²) in [6.07, 6.45) is 1.75. The third kappa shape index (κ3) is 3.26. The van der Waals surface area contributed by atoms with Crippen LogP contribution in [0, 0.1) is 0 Å². The zero-order valence-corrected chi connectivity index (χ0v) is 13.1. The van der Waals surface area contributed by atoms with Gasteiger partial charge in [0.15, 0.2) is 0 Å². The first-order valence-corrected chi connectivity index (χ1v) is 7.30. The van der Waals surface area contributed by atoms with Crippen LogP contribution in [0.1, 0.15) is 11.8 Å². The number of thiophene rings is 1. The van der Waals surface area contributed by atoms with Gasteiger partial charge in [-0.25, -0.2) is 0 Å². The molecule has 0 spiro atoms. The van der Waals surface area contributed by atoms with Gasteiger partial charge in [0.1, 0.15) is 0 Å². The van der Waals surface area contributed by atoms with Gasteiger partial charge in [0.2, 0.25) is 5.91 Å². The number of nitrogens with zero attached hydrogens (tertiary/aromatic N) is 3. The standard InChI is InChI=1S/C14H20N4OS/c1-10(14(19)17(2)3)18(4)9-11-5-6-13(20-11)12-7-8-15-16-12/h5-8,10H,9H2,1-4H3,(H,15,16). The van der Waals surface area contributed by atoms with E-state index in [-0.39, 0.29) is 11.9 Å². The van der Waals surface area contributed by atoms with E-state index >= 15 is 0 Å². The highest BCUT2D eigenvalue weighted by atomic mass is 32.1. The number of aromatic nitrogens is 2. The van der Waals surface area contributed by atoms with Gasteiger partial charge in [-0.15, -0.1) is 11.3 Å². The van der Waals surface area contributed by atoms with Crippen LogP contribution >= 0.6 is 11.3 Å². The van der Waals surface area contributed by atoms with Crippen LogP contribution < -0.4 is 0 Å². The Labute approximate surface area is 123 Å². The average Bonchev–Trinajstić information content (AvgIpc) is 3.06. The number of likely N-dealkylation sites (N-methyl/N-ethyl adjacent to an activating group) is 2. The summed E-state index contributed by atoms with van der Waals surface area (Å²) in [6, 6.07) is 6.02. The van der Waals surface area contributed by atoms with Crippen LogP contribution in [0.4, 0.5) is 0 Å². The van der Waals surface area contributed by atoms with Crippen LogP contribution in [-0.2, 0) is 11.3 Å². The molecule has 2 aromatic heterocycles. The van der Waals surface area contributed by atoms with Crippen molar-refractivity contribution in [2.24, 2.45) is 0 Å². The van der Waals surface area contributed by atoms with Crippen LogP contribution in [0.25, 0.3) is 10.6 Å². The fourth-order valence-electron chi connectivity index (χ4n) is 1.95. The van der Waals surface area contributed by atoms with Crippen molar-refractivity contribution < 1.29 is 4.79 Å². The van der Waals surface area contributed by atoms with Crippen molar-refractivity contribution in [3.05, 3.63) is 29.3 Å². The lowest BCUT2D eigenvalue weighted by Crippen LogP contribution is -2.42. The van der Waals surface area contributed by atoms with E-state index in [4.69, 9.17) is 0 Å². The lowest BCUT2D eigenvalue weighted by Gasteiger charge is -2.25. The Morgan fingerprint density at radius 2 is 2.10 bits per heavy atom. The molecule has 5 nitrogen and oxygen atoms in total. The molecule has 0 saturated carbocycles. The van der Waals surface area contributed by atoms with Crippen LogP contribution in [-0.4, -0.2) is 53.1 Å². The first-order valence-electron chi connectivity index (χ1n) is 6.49. The van der Waals surface area contributed by atoms with Gasteiger partial charge in [-0.05, 0) is 32.2 Å². The smallest absolute Gasteiger partial charge is 0.239 e. The molecular formula is C14H20N4OS. The molecule has 0 radical (unpaired) electrons. The topological polar surface area (TPSA) is 52.2 Å². The summed E-state index contributed by atoms with van der Waals surface area (Å²) in [6.45, 7) is 2.70. The monoisotopic (exact) mass is 292 g/mol. The molecular weight excluding hydrogens is 272 g/mol. The molecule has 2 heterocycles. The Balaban J connectivity index is 2.02. The quantitative estimate of drug-likeness (QED) is 0.917. The number of amides is 1. The minimum atomic E-state index is -0.122. The maximum Gasteiger partial charge on any atom is 0.239 e. The van der Waals surface area contributed by atoms with E-state index in [1.165, 1.54) is 4.88 Å². The maximum absolute atomic E-state index is 11.9.